The largest absolute Gasteiger partial charge is 0.497 e. The number of benzene rings is 2. The molecule has 2 amide bonds. The molecule has 0 aromatic heterocycles. The third-order valence-corrected chi connectivity index (χ3v) is 4.48. The van der Waals surface area contributed by atoms with Gasteiger partial charge >= 0.3 is 5.97 Å². The SMILES string of the molecule is COc1ccc(NC(=O)COC(=O)C2CC(=O)N(Cc3ccccc3)C2)cc1. The minimum Gasteiger partial charge on any atom is -0.497 e. The van der Waals surface area contributed by atoms with Gasteiger partial charge in [-0.1, -0.05) is 30.3 Å². The number of anilines is 1. The Labute approximate surface area is 163 Å². The topological polar surface area (TPSA) is 84.9 Å². The zero-order valence-electron chi connectivity index (χ0n) is 15.6. The lowest BCUT2D eigenvalue weighted by molar-refractivity contribution is -0.151. The van der Waals surface area contributed by atoms with Crippen LogP contribution in [0.5, 0.6) is 5.75 Å². The Balaban J connectivity index is 1.45. The molecule has 28 heavy (non-hydrogen) atoms. The fourth-order valence-corrected chi connectivity index (χ4v) is 3.01. The number of carbonyl (C=O) groups excluding carboxylic acids is 3. The van der Waals surface area contributed by atoms with Crippen molar-refractivity contribution in [2.45, 2.75) is 13.0 Å². The van der Waals surface area contributed by atoms with Crippen molar-refractivity contribution in [3.05, 3.63) is 60.2 Å². The van der Waals surface area contributed by atoms with Crippen molar-refractivity contribution in [1.82, 2.24) is 4.90 Å². The van der Waals surface area contributed by atoms with E-state index >= 15 is 0 Å². The Bertz CT molecular complexity index is 836. The molecule has 0 radical (unpaired) electrons. The molecule has 1 heterocycles. The lowest BCUT2D eigenvalue weighted by Gasteiger charge is -2.16. The number of carbonyl (C=O) groups is 3. The maximum Gasteiger partial charge on any atom is 0.311 e. The maximum absolute atomic E-state index is 12.2. The molecule has 0 aliphatic carbocycles. The van der Waals surface area contributed by atoms with Gasteiger partial charge in [-0.2, -0.15) is 0 Å². The second kappa shape index (κ2) is 9.03. The van der Waals surface area contributed by atoms with Gasteiger partial charge in [0.15, 0.2) is 6.61 Å². The normalized spacial score (nSPS) is 16.0. The summed E-state index contributed by atoms with van der Waals surface area (Å²) < 4.78 is 10.1. The second-order valence-corrected chi connectivity index (χ2v) is 6.55. The average molecular weight is 382 g/mol. The Morgan fingerprint density at radius 3 is 2.50 bits per heavy atom. The number of methoxy groups -OCH3 is 1. The number of rotatable bonds is 7. The molecule has 7 nitrogen and oxygen atoms in total. The summed E-state index contributed by atoms with van der Waals surface area (Å²) in [4.78, 5) is 38.0. The van der Waals surface area contributed by atoms with Crippen molar-refractivity contribution in [1.29, 1.82) is 0 Å². The Hall–Kier alpha value is -3.35. The fourth-order valence-electron chi connectivity index (χ4n) is 3.01. The maximum atomic E-state index is 12.2. The molecule has 7 heteroatoms. The molecule has 146 valence electrons. The second-order valence-electron chi connectivity index (χ2n) is 6.55. The van der Waals surface area contributed by atoms with Gasteiger partial charge in [-0.05, 0) is 29.8 Å². The van der Waals surface area contributed by atoms with Crippen LogP contribution in [0.15, 0.2) is 54.6 Å². The van der Waals surface area contributed by atoms with E-state index in [1.807, 2.05) is 30.3 Å². The van der Waals surface area contributed by atoms with E-state index < -0.39 is 24.4 Å². The molecular weight excluding hydrogens is 360 g/mol. The Morgan fingerprint density at radius 1 is 1.11 bits per heavy atom. The number of nitrogens with zero attached hydrogens (tertiary/aromatic N) is 1. The summed E-state index contributed by atoms with van der Waals surface area (Å²) in [5.74, 6) is -0.938. The van der Waals surface area contributed by atoms with Crippen LogP contribution in [0, 0.1) is 5.92 Å². The molecule has 1 atom stereocenters. The lowest BCUT2D eigenvalue weighted by Crippen LogP contribution is -2.28. The summed E-state index contributed by atoms with van der Waals surface area (Å²) in [5.41, 5.74) is 1.58. The van der Waals surface area contributed by atoms with Crippen LogP contribution < -0.4 is 10.1 Å². The van der Waals surface area contributed by atoms with E-state index in [4.69, 9.17) is 9.47 Å². The van der Waals surface area contributed by atoms with Crippen molar-refractivity contribution < 1.29 is 23.9 Å². The van der Waals surface area contributed by atoms with Crippen molar-refractivity contribution in [2.75, 3.05) is 25.6 Å². The van der Waals surface area contributed by atoms with Gasteiger partial charge in [-0.25, -0.2) is 0 Å². The summed E-state index contributed by atoms with van der Waals surface area (Å²) in [7, 11) is 1.56. The standard InChI is InChI=1S/C21H22N2O5/c1-27-18-9-7-17(8-10-18)22-19(24)14-28-21(26)16-11-20(25)23(13-16)12-15-5-3-2-4-6-15/h2-10,16H,11-14H2,1H3,(H,22,24). The molecule has 3 rings (SSSR count). The monoisotopic (exact) mass is 382 g/mol. The van der Waals surface area contributed by atoms with Crippen molar-refractivity contribution in [2.24, 2.45) is 5.92 Å². The average Bonchev–Trinajstić information content (AvgIpc) is 3.08. The van der Waals surface area contributed by atoms with Crippen LogP contribution in [-0.2, 0) is 25.7 Å². The summed E-state index contributed by atoms with van der Waals surface area (Å²) in [6.07, 6.45) is 0.103. The zero-order valence-corrected chi connectivity index (χ0v) is 15.6. The molecule has 1 N–H and O–H groups in total. The molecule has 2 aromatic rings. The van der Waals surface area contributed by atoms with Crippen LogP contribution in [0.25, 0.3) is 0 Å². The predicted molar refractivity (Wildman–Crippen MR) is 103 cm³/mol. The number of hydrogen-bond donors (Lipinski definition) is 1. The van der Waals surface area contributed by atoms with Gasteiger partial charge in [0.25, 0.3) is 5.91 Å². The number of likely N-dealkylation sites (tertiary alicyclic amines) is 1. The first kappa shape index (κ1) is 19.4. The highest BCUT2D eigenvalue weighted by Gasteiger charge is 2.35. The molecule has 0 spiro atoms. The highest BCUT2D eigenvalue weighted by Crippen LogP contribution is 2.21. The number of amides is 2. The summed E-state index contributed by atoms with van der Waals surface area (Å²) in [6.45, 7) is 0.363. The van der Waals surface area contributed by atoms with E-state index in [2.05, 4.69) is 5.32 Å². The fraction of sp³-hybridized carbons (Fsp3) is 0.286. The van der Waals surface area contributed by atoms with E-state index in [0.29, 0.717) is 24.5 Å². The highest BCUT2D eigenvalue weighted by atomic mass is 16.5. The molecule has 1 saturated heterocycles. The van der Waals surface area contributed by atoms with Gasteiger partial charge in [0, 0.05) is 25.2 Å². The van der Waals surface area contributed by atoms with Gasteiger partial charge in [0.1, 0.15) is 5.75 Å². The highest BCUT2D eigenvalue weighted by molar-refractivity contribution is 5.93. The van der Waals surface area contributed by atoms with E-state index in [-0.39, 0.29) is 12.3 Å². The van der Waals surface area contributed by atoms with Crippen molar-refractivity contribution in [3.63, 3.8) is 0 Å². The van der Waals surface area contributed by atoms with E-state index in [0.717, 1.165) is 5.56 Å². The van der Waals surface area contributed by atoms with Crippen molar-refractivity contribution in [3.8, 4) is 5.75 Å². The molecule has 1 fully saturated rings. The quantitative estimate of drug-likeness (QED) is 0.743. The number of ether oxygens (including phenoxy) is 2. The van der Waals surface area contributed by atoms with E-state index in [1.54, 1.807) is 36.3 Å². The Morgan fingerprint density at radius 2 is 1.82 bits per heavy atom. The van der Waals surface area contributed by atoms with Gasteiger partial charge in [0.2, 0.25) is 5.91 Å². The van der Waals surface area contributed by atoms with Gasteiger partial charge in [0.05, 0.1) is 13.0 Å². The first-order valence-corrected chi connectivity index (χ1v) is 8.97. The smallest absolute Gasteiger partial charge is 0.311 e. The van der Waals surface area contributed by atoms with Crippen LogP contribution in [-0.4, -0.2) is 42.9 Å². The number of esters is 1. The van der Waals surface area contributed by atoms with Gasteiger partial charge in [-0.15, -0.1) is 0 Å². The first-order valence-electron chi connectivity index (χ1n) is 8.97. The Kier molecular flexibility index (Phi) is 6.26. The molecule has 1 unspecified atom stereocenters. The van der Waals surface area contributed by atoms with Crippen molar-refractivity contribution >= 4 is 23.5 Å². The predicted octanol–water partition coefficient (Wildman–Crippen LogP) is 2.23. The molecule has 2 aromatic carbocycles. The summed E-state index contributed by atoms with van der Waals surface area (Å²) in [6, 6.07) is 16.4. The third-order valence-electron chi connectivity index (χ3n) is 4.48. The molecular formula is C21H22N2O5. The van der Waals surface area contributed by atoms with E-state index in [9.17, 15) is 14.4 Å². The summed E-state index contributed by atoms with van der Waals surface area (Å²) in [5, 5.41) is 2.64. The minimum absolute atomic E-state index is 0.0894. The van der Waals surface area contributed by atoms with Crippen LogP contribution in [0.4, 0.5) is 5.69 Å². The molecule has 1 aliphatic heterocycles. The number of nitrogens with one attached hydrogen (secondary N) is 1. The molecule has 0 saturated carbocycles. The third kappa shape index (κ3) is 5.09. The van der Waals surface area contributed by atoms with Crippen LogP contribution in [0.1, 0.15) is 12.0 Å². The zero-order chi connectivity index (χ0) is 19.9. The van der Waals surface area contributed by atoms with Gasteiger partial charge in [-0.3, -0.25) is 14.4 Å². The van der Waals surface area contributed by atoms with Crippen LogP contribution in [0.2, 0.25) is 0 Å². The first-order chi connectivity index (χ1) is 13.5. The number of hydrogen-bond acceptors (Lipinski definition) is 5. The van der Waals surface area contributed by atoms with Crippen LogP contribution in [0.3, 0.4) is 0 Å². The summed E-state index contributed by atoms with van der Waals surface area (Å²) >= 11 is 0. The molecule has 1 aliphatic rings. The van der Waals surface area contributed by atoms with Crippen LogP contribution >= 0.6 is 0 Å². The lowest BCUT2D eigenvalue weighted by atomic mass is 10.1. The van der Waals surface area contributed by atoms with E-state index in [1.165, 1.54) is 0 Å². The minimum atomic E-state index is -0.551. The molecule has 0 bridgehead atoms. The van der Waals surface area contributed by atoms with Gasteiger partial charge < -0.3 is 19.7 Å².